The molecular formula is C21H31N3O3. The summed E-state index contributed by atoms with van der Waals surface area (Å²) in [5.74, 6) is -0.784. The number of nitrogens with zero attached hydrogens (tertiary/aromatic N) is 2. The molecule has 27 heavy (non-hydrogen) atoms. The molecule has 0 saturated carbocycles. The first-order valence-corrected chi connectivity index (χ1v) is 9.50. The zero-order chi connectivity index (χ0) is 20.4. The SMILES string of the molecule is CCN(CC(=O)NC(C)(C)C)C(=O)C1CC(=O)N(c2cccc(C)c2C)C1. The number of amides is 3. The van der Waals surface area contributed by atoms with E-state index in [1.165, 1.54) is 4.90 Å². The second kappa shape index (κ2) is 8.11. The van der Waals surface area contributed by atoms with Gasteiger partial charge in [0.2, 0.25) is 17.7 Å². The Morgan fingerprint density at radius 2 is 1.93 bits per heavy atom. The molecule has 148 valence electrons. The maximum atomic E-state index is 12.9. The summed E-state index contributed by atoms with van der Waals surface area (Å²) < 4.78 is 0. The van der Waals surface area contributed by atoms with Gasteiger partial charge < -0.3 is 15.1 Å². The summed E-state index contributed by atoms with van der Waals surface area (Å²) in [4.78, 5) is 40.9. The molecule has 0 bridgehead atoms. The Labute approximate surface area is 161 Å². The summed E-state index contributed by atoms with van der Waals surface area (Å²) >= 11 is 0. The summed E-state index contributed by atoms with van der Waals surface area (Å²) in [5, 5.41) is 2.88. The zero-order valence-corrected chi connectivity index (χ0v) is 17.3. The van der Waals surface area contributed by atoms with E-state index in [4.69, 9.17) is 0 Å². The predicted molar refractivity (Wildman–Crippen MR) is 107 cm³/mol. The molecule has 1 unspecified atom stereocenters. The molecule has 0 aromatic heterocycles. The summed E-state index contributed by atoms with van der Waals surface area (Å²) in [6.45, 7) is 12.4. The van der Waals surface area contributed by atoms with E-state index in [0.29, 0.717) is 13.1 Å². The standard InChI is InChI=1S/C21H31N3O3/c1-7-23(13-18(25)22-21(4,5)6)20(27)16-11-19(26)24(12-16)17-10-8-9-14(2)15(17)3/h8-10,16H,7,11-13H2,1-6H3,(H,22,25). The van der Waals surface area contributed by atoms with Crippen molar-refractivity contribution < 1.29 is 14.4 Å². The van der Waals surface area contributed by atoms with Crippen LogP contribution in [0.4, 0.5) is 5.69 Å². The van der Waals surface area contributed by atoms with Crippen molar-refractivity contribution in [2.24, 2.45) is 5.92 Å². The van der Waals surface area contributed by atoms with Gasteiger partial charge in [-0.2, -0.15) is 0 Å². The van der Waals surface area contributed by atoms with E-state index in [2.05, 4.69) is 5.32 Å². The van der Waals surface area contributed by atoms with Crippen molar-refractivity contribution in [1.82, 2.24) is 10.2 Å². The first-order chi connectivity index (χ1) is 12.5. The maximum Gasteiger partial charge on any atom is 0.240 e. The number of aryl methyl sites for hydroxylation is 1. The third-order valence-electron chi connectivity index (χ3n) is 4.88. The van der Waals surface area contributed by atoms with Crippen molar-refractivity contribution in [2.45, 2.75) is 53.5 Å². The lowest BCUT2D eigenvalue weighted by Gasteiger charge is -2.27. The Kier molecular flexibility index (Phi) is 6.29. The van der Waals surface area contributed by atoms with Crippen LogP contribution in [-0.4, -0.2) is 47.8 Å². The summed E-state index contributed by atoms with van der Waals surface area (Å²) in [5.41, 5.74) is 2.69. The lowest BCUT2D eigenvalue weighted by atomic mass is 10.1. The number of likely N-dealkylation sites (N-methyl/N-ethyl adjacent to an activating group) is 1. The minimum atomic E-state index is -0.417. The molecule has 0 aliphatic carbocycles. The number of rotatable bonds is 5. The first-order valence-electron chi connectivity index (χ1n) is 9.50. The second-order valence-corrected chi connectivity index (χ2v) is 8.28. The van der Waals surface area contributed by atoms with Gasteiger partial charge in [0.05, 0.1) is 12.5 Å². The normalized spacial score (nSPS) is 17.2. The van der Waals surface area contributed by atoms with Crippen LogP contribution in [0.1, 0.15) is 45.2 Å². The number of hydrogen-bond donors (Lipinski definition) is 1. The van der Waals surface area contributed by atoms with Gasteiger partial charge in [-0.15, -0.1) is 0 Å². The fourth-order valence-electron chi connectivity index (χ4n) is 3.37. The van der Waals surface area contributed by atoms with Crippen LogP contribution in [0.5, 0.6) is 0 Å². The number of benzene rings is 1. The molecule has 1 N–H and O–H groups in total. The van der Waals surface area contributed by atoms with Crippen molar-refractivity contribution in [3.05, 3.63) is 29.3 Å². The fraction of sp³-hybridized carbons (Fsp3) is 0.571. The molecule has 6 heteroatoms. The van der Waals surface area contributed by atoms with Crippen LogP contribution in [0, 0.1) is 19.8 Å². The van der Waals surface area contributed by atoms with Gasteiger partial charge in [0.25, 0.3) is 0 Å². The van der Waals surface area contributed by atoms with Gasteiger partial charge in [-0.3, -0.25) is 14.4 Å². The first kappa shape index (κ1) is 20.9. The molecule has 1 aromatic rings. The highest BCUT2D eigenvalue weighted by Gasteiger charge is 2.38. The van der Waals surface area contributed by atoms with Crippen LogP contribution in [-0.2, 0) is 14.4 Å². The van der Waals surface area contributed by atoms with E-state index < -0.39 is 5.92 Å². The highest BCUT2D eigenvalue weighted by atomic mass is 16.2. The lowest BCUT2D eigenvalue weighted by molar-refractivity contribution is -0.139. The van der Waals surface area contributed by atoms with Crippen LogP contribution >= 0.6 is 0 Å². The number of carbonyl (C=O) groups is 3. The Balaban J connectivity index is 2.09. The topological polar surface area (TPSA) is 69.7 Å². The van der Waals surface area contributed by atoms with Gasteiger partial charge >= 0.3 is 0 Å². The minimum Gasteiger partial charge on any atom is -0.350 e. The van der Waals surface area contributed by atoms with E-state index in [1.807, 2.05) is 59.7 Å². The number of nitrogens with one attached hydrogen (secondary N) is 1. The maximum absolute atomic E-state index is 12.9. The average molecular weight is 373 g/mol. The van der Waals surface area contributed by atoms with Crippen molar-refractivity contribution >= 4 is 23.4 Å². The molecule has 1 aliphatic rings. The second-order valence-electron chi connectivity index (χ2n) is 8.28. The third kappa shape index (κ3) is 5.08. The molecule has 3 amide bonds. The molecule has 2 rings (SSSR count). The number of anilines is 1. The predicted octanol–water partition coefficient (Wildman–Crippen LogP) is 2.42. The highest BCUT2D eigenvalue weighted by Crippen LogP contribution is 2.30. The van der Waals surface area contributed by atoms with Crippen LogP contribution in [0.25, 0.3) is 0 Å². The van der Waals surface area contributed by atoms with E-state index >= 15 is 0 Å². The molecule has 1 fully saturated rings. The quantitative estimate of drug-likeness (QED) is 0.862. The van der Waals surface area contributed by atoms with E-state index in [9.17, 15) is 14.4 Å². The fourth-order valence-corrected chi connectivity index (χ4v) is 3.37. The largest absolute Gasteiger partial charge is 0.350 e. The molecule has 0 spiro atoms. The monoisotopic (exact) mass is 373 g/mol. The van der Waals surface area contributed by atoms with Crippen LogP contribution in [0.3, 0.4) is 0 Å². The number of hydrogen-bond acceptors (Lipinski definition) is 3. The Morgan fingerprint density at radius 3 is 2.52 bits per heavy atom. The van der Waals surface area contributed by atoms with Crippen molar-refractivity contribution in [3.63, 3.8) is 0 Å². The van der Waals surface area contributed by atoms with Crippen LogP contribution < -0.4 is 10.2 Å². The van der Waals surface area contributed by atoms with Gasteiger partial charge in [-0.05, 0) is 58.7 Å². The lowest BCUT2D eigenvalue weighted by Crippen LogP contribution is -2.48. The van der Waals surface area contributed by atoms with Gasteiger partial charge in [-0.25, -0.2) is 0 Å². The Hall–Kier alpha value is -2.37. The van der Waals surface area contributed by atoms with E-state index in [-0.39, 0.29) is 36.2 Å². The molecule has 1 aliphatic heterocycles. The summed E-state index contributed by atoms with van der Waals surface area (Å²) in [7, 11) is 0. The third-order valence-corrected chi connectivity index (χ3v) is 4.88. The molecule has 6 nitrogen and oxygen atoms in total. The molecule has 1 saturated heterocycles. The Morgan fingerprint density at radius 1 is 1.26 bits per heavy atom. The van der Waals surface area contributed by atoms with Gasteiger partial charge in [0, 0.05) is 30.7 Å². The van der Waals surface area contributed by atoms with Crippen LogP contribution in [0.15, 0.2) is 18.2 Å². The van der Waals surface area contributed by atoms with Crippen LogP contribution in [0.2, 0.25) is 0 Å². The van der Waals surface area contributed by atoms with Crippen molar-refractivity contribution in [2.75, 3.05) is 24.5 Å². The molecule has 1 atom stereocenters. The Bertz CT molecular complexity index is 737. The smallest absolute Gasteiger partial charge is 0.240 e. The summed E-state index contributed by atoms with van der Waals surface area (Å²) in [6.07, 6.45) is 0.184. The minimum absolute atomic E-state index is 0.0146. The zero-order valence-electron chi connectivity index (χ0n) is 17.3. The molecule has 0 radical (unpaired) electrons. The van der Waals surface area contributed by atoms with Crippen molar-refractivity contribution in [1.29, 1.82) is 0 Å². The number of carbonyl (C=O) groups excluding carboxylic acids is 3. The average Bonchev–Trinajstić information content (AvgIpc) is 2.94. The summed E-state index contributed by atoms with van der Waals surface area (Å²) in [6, 6.07) is 5.85. The van der Waals surface area contributed by atoms with E-state index in [1.54, 1.807) is 4.90 Å². The van der Waals surface area contributed by atoms with Crippen molar-refractivity contribution in [3.8, 4) is 0 Å². The van der Waals surface area contributed by atoms with Gasteiger partial charge in [0.15, 0.2) is 0 Å². The molecule has 1 aromatic carbocycles. The van der Waals surface area contributed by atoms with E-state index in [0.717, 1.165) is 16.8 Å². The molecule has 1 heterocycles. The highest BCUT2D eigenvalue weighted by molar-refractivity contribution is 6.01. The molecular weight excluding hydrogens is 342 g/mol. The van der Waals surface area contributed by atoms with Gasteiger partial charge in [-0.1, -0.05) is 12.1 Å². The van der Waals surface area contributed by atoms with Gasteiger partial charge in [0.1, 0.15) is 0 Å².